The summed E-state index contributed by atoms with van der Waals surface area (Å²) < 4.78 is 0. The predicted octanol–water partition coefficient (Wildman–Crippen LogP) is 2.42. The molecule has 0 bridgehead atoms. The molecule has 1 aromatic rings. The molecule has 0 spiro atoms. The van der Waals surface area contributed by atoms with Gasteiger partial charge in [0.05, 0.1) is 0 Å². The Hall–Kier alpha value is -1.30. The van der Waals surface area contributed by atoms with Crippen molar-refractivity contribution >= 4 is 28.2 Å². The first-order valence-electron chi connectivity index (χ1n) is 6.83. The number of nitrogen functional groups attached to an aromatic ring is 1. The summed E-state index contributed by atoms with van der Waals surface area (Å²) in [5, 5.41) is 3.91. The van der Waals surface area contributed by atoms with Gasteiger partial charge in [0.15, 0.2) is 5.13 Å². The number of hydrogen-bond donors (Lipinski definition) is 2. The number of rotatable bonds is 4. The zero-order valence-electron chi connectivity index (χ0n) is 11.8. The molecule has 106 valence electrons. The number of nitrogens with two attached hydrogens (primary N) is 1. The summed E-state index contributed by atoms with van der Waals surface area (Å²) in [4.78, 5) is 19.1. The first-order chi connectivity index (χ1) is 9.01. The maximum atomic E-state index is 12.4. The fraction of sp³-hybridized carbons (Fsp3) is 0.692. The largest absolute Gasteiger partial charge is 0.382 e. The summed E-state index contributed by atoms with van der Waals surface area (Å²) in [7, 11) is 0. The van der Waals surface area contributed by atoms with Crippen LogP contribution in [-0.2, 0) is 0 Å². The molecule has 1 atom stereocenters. The smallest absolute Gasteiger partial charge is 0.267 e. The molecule has 1 aliphatic heterocycles. The first kappa shape index (κ1) is 14.1. The number of nitrogens with one attached hydrogen (secondary N) is 1. The SMILES string of the molecule is CCC1CCN(C(=O)c2sc(NC(C)C)nc2N)C1. The molecule has 2 heterocycles. The zero-order valence-corrected chi connectivity index (χ0v) is 12.6. The lowest BCUT2D eigenvalue weighted by Crippen LogP contribution is -2.28. The number of carbonyl (C=O) groups is 1. The van der Waals surface area contributed by atoms with Crippen molar-refractivity contribution in [2.75, 3.05) is 24.1 Å². The van der Waals surface area contributed by atoms with Gasteiger partial charge in [-0.15, -0.1) is 0 Å². The van der Waals surface area contributed by atoms with Gasteiger partial charge in [0.2, 0.25) is 0 Å². The third kappa shape index (κ3) is 3.18. The number of likely N-dealkylation sites (tertiary alicyclic amines) is 1. The van der Waals surface area contributed by atoms with Crippen LogP contribution in [0.25, 0.3) is 0 Å². The average Bonchev–Trinajstić information content (AvgIpc) is 2.94. The maximum Gasteiger partial charge on any atom is 0.267 e. The van der Waals surface area contributed by atoms with Crippen LogP contribution in [0.5, 0.6) is 0 Å². The maximum absolute atomic E-state index is 12.4. The van der Waals surface area contributed by atoms with E-state index in [1.165, 1.54) is 11.3 Å². The lowest BCUT2D eigenvalue weighted by molar-refractivity contribution is 0.0792. The molecular weight excluding hydrogens is 260 g/mol. The summed E-state index contributed by atoms with van der Waals surface area (Å²) in [6.45, 7) is 7.92. The molecule has 0 radical (unpaired) electrons. The minimum Gasteiger partial charge on any atom is -0.382 e. The van der Waals surface area contributed by atoms with Gasteiger partial charge in [-0.3, -0.25) is 4.79 Å². The van der Waals surface area contributed by atoms with Crippen molar-refractivity contribution in [3.63, 3.8) is 0 Å². The van der Waals surface area contributed by atoms with Crippen LogP contribution >= 0.6 is 11.3 Å². The molecule has 1 unspecified atom stereocenters. The predicted molar refractivity (Wildman–Crippen MR) is 79.6 cm³/mol. The molecule has 19 heavy (non-hydrogen) atoms. The summed E-state index contributed by atoms with van der Waals surface area (Å²) in [5.41, 5.74) is 5.86. The highest BCUT2D eigenvalue weighted by Gasteiger charge is 2.28. The number of amides is 1. The highest BCUT2D eigenvalue weighted by molar-refractivity contribution is 7.18. The summed E-state index contributed by atoms with van der Waals surface area (Å²) in [6.07, 6.45) is 2.22. The summed E-state index contributed by atoms with van der Waals surface area (Å²) in [6, 6.07) is 0.282. The van der Waals surface area contributed by atoms with E-state index in [1.807, 2.05) is 18.7 Å². The van der Waals surface area contributed by atoms with Crippen molar-refractivity contribution in [3.05, 3.63) is 4.88 Å². The second-order valence-corrected chi connectivity index (χ2v) is 6.35. The van der Waals surface area contributed by atoms with Crippen molar-refractivity contribution in [2.24, 2.45) is 5.92 Å². The van der Waals surface area contributed by atoms with E-state index in [0.717, 1.165) is 31.1 Å². The van der Waals surface area contributed by atoms with Crippen LogP contribution in [-0.4, -0.2) is 34.9 Å². The Balaban J connectivity index is 2.09. The van der Waals surface area contributed by atoms with Gasteiger partial charge in [0, 0.05) is 19.1 Å². The van der Waals surface area contributed by atoms with Gasteiger partial charge in [-0.25, -0.2) is 4.98 Å². The molecule has 1 aromatic heterocycles. The van der Waals surface area contributed by atoms with Gasteiger partial charge in [-0.05, 0) is 26.2 Å². The third-order valence-electron chi connectivity index (χ3n) is 3.41. The molecule has 5 nitrogen and oxygen atoms in total. The third-order valence-corrected chi connectivity index (χ3v) is 4.40. The zero-order chi connectivity index (χ0) is 14.0. The van der Waals surface area contributed by atoms with E-state index in [0.29, 0.717) is 16.6 Å². The van der Waals surface area contributed by atoms with Gasteiger partial charge in [-0.2, -0.15) is 0 Å². The highest BCUT2D eigenvalue weighted by Crippen LogP contribution is 2.29. The van der Waals surface area contributed by atoms with Gasteiger partial charge in [0.25, 0.3) is 5.91 Å². The lowest BCUT2D eigenvalue weighted by atomic mass is 10.1. The molecule has 6 heteroatoms. The van der Waals surface area contributed by atoms with Gasteiger partial charge < -0.3 is 16.0 Å². The van der Waals surface area contributed by atoms with Gasteiger partial charge in [0.1, 0.15) is 10.7 Å². The van der Waals surface area contributed by atoms with Crippen molar-refractivity contribution in [1.29, 1.82) is 0 Å². The number of anilines is 2. The number of thiazole rings is 1. The fourth-order valence-electron chi connectivity index (χ4n) is 2.29. The van der Waals surface area contributed by atoms with E-state index < -0.39 is 0 Å². The van der Waals surface area contributed by atoms with Crippen molar-refractivity contribution in [1.82, 2.24) is 9.88 Å². The van der Waals surface area contributed by atoms with E-state index in [1.54, 1.807) is 0 Å². The molecule has 1 fully saturated rings. The molecule has 3 N–H and O–H groups in total. The first-order valence-corrected chi connectivity index (χ1v) is 7.65. The molecule has 0 saturated carbocycles. The highest BCUT2D eigenvalue weighted by atomic mass is 32.1. The fourth-order valence-corrected chi connectivity index (χ4v) is 3.29. The molecule has 0 aromatic carbocycles. The van der Waals surface area contributed by atoms with Crippen LogP contribution in [0.1, 0.15) is 43.3 Å². The molecule has 1 amide bonds. The van der Waals surface area contributed by atoms with Crippen molar-refractivity contribution in [3.8, 4) is 0 Å². The van der Waals surface area contributed by atoms with E-state index in [4.69, 9.17) is 5.73 Å². The topological polar surface area (TPSA) is 71.2 Å². The van der Waals surface area contributed by atoms with Gasteiger partial charge in [-0.1, -0.05) is 24.7 Å². The van der Waals surface area contributed by atoms with Crippen LogP contribution in [0.3, 0.4) is 0 Å². The Morgan fingerprint density at radius 2 is 2.37 bits per heavy atom. The lowest BCUT2D eigenvalue weighted by Gasteiger charge is -2.15. The Bertz CT molecular complexity index is 457. The van der Waals surface area contributed by atoms with E-state index >= 15 is 0 Å². The van der Waals surface area contributed by atoms with E-state index in [9.17, 15) is 4.79 Å². The van der Waals surface area contributed by atoms with Crippen LogP contribution in [0.4, 0.5) is 10.9 Å². The molecule has 0 aliphatic carbocycles. The number of hydrogen-bond acceptors (Lipinski definition) is 5. The van der Waals surface area contributed by atoms with Crippen LogP contribution < -0.4 is 11.1 Å². The molecule has 2 rings (SSSR count). The normalized spacial score (nSPS) is 19.2. The molecule has 1 saturated heterocycles. The Kier molecular flexibility index (Phi) is 4.29. The number of aromatic nitrogens is 1. The molecular formula is C13H22N4OS. The Labute approximate surface area is 118 Å². The second kappa shape index (κ2) is 5.77. The van der Waals surface area contributed by atoms with Crippen LogP contribution in [0.2, 0.25) is 0 Å². The quantitative estimate of drug-likeness (QED) is 0.889. The molecule has 1 aliphatic rings. The van der Waals surface area contributed by atoms with Crippen molar-refractivity contribution < 1.29 is 4.79 Å². The second-order valence-electron chi connectivity index (χ2n) is 5.35. The van der Waals surface area contributed by atoms with E-state index in [2.05, 4.69) is 17.2 Å². The minimum atomic E-state index is 0.0303. The Morgan fingerprint density at radius 3 is 2.95 bits per heavy atom. The average molecular weight is 282 g/mol. The number of carbonyl (C=O) groups excluding carboxylic acids is 1. The Morgan fingerprint density at radius 1 is 1.63 bits per heavy atom. The van der Waals surface area contributed by atoms with E-state index in [-0.39, 0.29) is 11.9 Å². The number of nitrogens with zero attached hydrogens (tertiary/aromatic N) is 2. The summed E-state index contributed by atoms with van der Waals surface area (Å²) >= 11 is 1.35. The monoisotopic (exact) mass is 282 g/mol. The van der Waals surface area contributed by atoms with Gasteiger partial charge >= 0.3 is 0 Å². The van der Waals surface area contributed by atoms with Crippen LogP contribution in [0.15, 0.2) is 0 Å². The minimum absolute atomic E-state index is 0.0303. The van der Waals surface area contributed by atoms with Crippen molar-refractivity contribution in [2.45, 2.75) is 39.7 Å². The summed E-state index contributed by atoms with van der Waals surface area (Å²) in [5.74, 6) is 1.01. The standard InChI is InChI=1S/C13H22N4OS/c1-4-9-5-6-17(7-9)12(18)10-11(14)16-13(19-10)15-8(2)3/h8-9H,4-7,14H2,1-3H3,(H,15,16). The van der Waals surface area contributed by atoms with Crippen LogP contribution in [0, 0.1) is 5.92 Å².